The molecule has 14 nitrogen and oxygen atoms in total. The summed E-state index contributed by atoms with van der Waals surface area (Å²) in [6, 6.07) is -0.936. The van der Waals surface area contributed by atoms with E-state index < -0.39 is 86.8 Å². The molecule has 2 saturated heterocycles. The summed E-state index contributed by atoms with van der Waals surface area (Å²) >= 11 is 0. The van der Waals surface area contributed by atoms with Crippen LogP contribution in [0.1, 0.15) is 367 Å². The van der Waals surface area contributed by atoms with E-state index in [1.54, 1.807) is 6.08 Å². The van der Waals surface area contributed by atoms with Crippen molar-refractivity contribution in [2.45, 2.75) is 441 Å². The first-order chi connectivity index (χ1) is 47.6. The molecule has 2 aliphatic rings. The fraction of sp³-hybridized carbons (Fsp3) is 0.867. The van der Waals surface area contributed by atoms with Crippen LogP contribution in [0.4, 0.5) is 0 Å². The van der Waals surface area contributed by atoms with Crippen LogP contribution in [0, 0.1) is 0 Å². The van der Waals surface area contributed by atoms with Crippen molar-refractivity contribution in [2.24, 2.45) is 0 Å². The van der Waals surface area contributed by atoms with Crippen LogP contribution in [0.2, 0.25) is 0 Å². The average molecular weight is 1370 g/mol. The highest BCUT2D eigenvalue weighted by Gasteiger charge is 2.51. The van der Waals surface area contributed by atoms with Gasteiger partial charge < -0.3 is 65.1 Å². The Bertz CT molecular complexity index is 1860. The standard InChI is InChI=1S/C83H153NO13/c1-3-5-7-9-11-13-15-17-19-21-23-25-27-29-31-33-35-37-38-40-42-44-46-48-50-52-54-56-58-60-62-64-66-72(87)71(70-94-82-80(93)78(91)81(74(69-86)96-82)97-83-79(92)77(90)76(89)73(68-85)95-83)84-75(88)67-65-63-61-59-57-55-53-51-49-47-45-43-41-39-36-34-32-30-28-26-24-22-20-18-16-14-12-10-8-6-4-2/h16,18,22,24,28,30,56,58,64,66,71-74,76-83,85-87,89-93H,3-15,17,19-21,23,25-27,29,31-55,57,59-63,65,67-70H2,1-2H3,(H,84,88)/b18-16-,24-22-,30-28-,58-56+,66-64+. The maximum Gasteiger partial charge on any atom is 0.220 e. The fourth-order valence-electron chi connectivity index (χ4n) is 13.4. The highest BCUT2D eigenvalue weighted by molar-refractivity contribution is 5.76. The van der Waals surface area contributed by atoms with E-state index in [9.17, 15) is 45.6 Å². The van der Waals surface area contributed by atoms with Crippen molar-refractivity contribution in [3.63, 3.8) is 0 Å². The van der Waals surface area contributed by atoms with E-state index in [2.05, 4.69) is 67.8 Å². The lowest BCUT2D eigenvalue weighted by Crippen LogP contribution is -2.65. The van der Waals surface area contributed by atoms with Gasteiger partial charge >= 0.3 is 0 Å². The van der Waals surface area contributed by atoms with E-state index in [1.165, 1.54) is 289 Å². The summed E-state index contributed by atoms with van der Waals surface area (Å²) in [5, 5.41) is 87.7. The van der Waals surface area contributed by atoms with Crippen molar-refractivity contribution in [3.8, 4) is 0 Å². The molecule has 0 aromatic heterocycles. The van der Waals surface area contributed by atoms with Gasteiger partial charge in [-0.3, -0.25) is 4.79 Å². The largest absolute Gasteiger partial charge is 0.394 e. The molecule has 0 aromatic rings. The van der Waals surface area contributed by atoms with Crippen LogP contribution in [-0.2, 0) is 23.7 Å². The molecule has 0 saturated carbocycles. The zero-order valence-corrected chi connectivity index (χ0v) is 62.3. The molecular weight excluding hydrogens is 1220 g/mol. The second-order valence-electron chi connectivity index (χ2n) is 28.9. The van der Waals surface area contributed by atoms with Gasteiger partial charge in [-0.1, -0.05) is 351 Å². The summed E-state index contributed by atoms with van der Waals surface area (Å²) in [6.45, 7) is 2.83. The molecule has 12 atom stereocenters. The second kappa shape index (κ2) is 66.9. The van der Waals surface area contributed by atoms with E-state index in [0.29, 0.717) is 12.8 Å². The topological polar surface area (TPSA) is 228 Å². The maximum atomic E-state index is 13.4. The average Bonchev–Trinajstić information content (AvgIpc) is 0.794. The highest BCUT2D eigenvalue weighted by atomic mass is 16.7. The van der Waals surface area contributed by atoms with Gasteiger partial charge in [0, 0.05) is 6.42 Å². The Morgan fingerprint density at radius 2 is 0.691 bits per heavy atom. The van der Waals surface area contributed by atoms with Crippen LogP contribution < -0.4 is 5.32 Å². The minimum Gasteiger partial charge on any atom is -0.394 e. The van der Waals surface area contributed by atoms with Crippen LogP contribution in [0.5, 0.6) is 0 Å². The Kier molecular flexibility index (Phi) is 62.6. The first-order valence-electron chi connectivity index (χ1n) is 41.0. The van der Waals surface area contributed by atoms with Gasteiger partial charge in [0.1, 0.15) is 48.8 Å². The fourth-order valence-corrected chi connectivity index (χ4v) is 13.4. The third kappa shape index (κ3) is 49.9. The Balaban J connectivity index is 1.63. The number of aliphatic hydroxyl groups is 8. The SMILES string of the molecule is CCCCCCC/C=C\C/C=C\C/C=C\CCCCCCCCCCCCCCCCCCC(=O)NC(COC1OC(CO)C(OC2OC(CO)C(O)C(O)C2O)C(O)C1O)C(O)/C=C/CC/C=C/CCCCCCCCCCCCCCCCCCCCCCCCCCCC. The predicted molar refractivity (Wildman–Crippen MR) is 401 cm³/mol. The molecule has 1 amide bonds. The number of nitrogens with one attached hydrogen (secondary N) is 1. The number of ether oxygens (including phenoxy) is 4. The zero-order valence-electron chi connectivity index (χ0n) is 62.3. The van der Waals surface area contributed by atoms with Gasteiger partial charge in [0.25, 0.3) is 0 Å². The van der Waals surface area contributed by atoms with Gasteiger partial charge in [0.2, 0.25) is 5.91 Å². The summed E-state index contributed by atoms with van der Waals surface area (Å²) in [5.74, 6) is -0.245. The number of carbonyl (C=O) groups excluding carboxylic acids is 1. The molecule has 9 N–H and O–H groups in total. The van der Waals surface area contributed by atoms with E-state index in [4.69, 9.17) is 18.9 Å². The quantitative estimate of drug-likeness (QED) is 0.0204. The molecule has 0 radical (unpaired) electrons. The van der Waals surface area contributed by atoms with Crippen molar-refractivity contribution in [2.75, 3.05) is 19.8 Å². The van der Waals surface area contributed by atoms with Crippen LogP contribution in [0.15, 0.2) is 60.8 Å². The first kappa shape index (κ1) is 90.8. The number of carbonyl (C=O) groups is 1. The molecule has 0 bridgehead atoms. The van der Waals surface area contributed by atoms with Gasteiger partial charge in [-0.15, -0.1) is 0 Å². The van der Waals surface area contributed by atoms with Gasteiger partial charge in [-0.05, 0) is 70.6 Å². The lowest BCUT2D eigenvalue weighted by Gasteiger charge is -2.46. The molecule has 0 spiro atoms. The molecule has 12 unspecified atom stereocenters. The summed E-state index contributed by atoms with van der Waals surface area (Å²) in [7, 11) is 0. The normalized spacial score (nSPS) is 22.4. The van der Waals surface area contributed by atoms with Crippen molar-refractivity contribution >= 4 is 5.91 Å². The Hall–Kier alpha value is -2.31. The summed E-state index contributed by atoms with van der Waals surface area (Å²) in [6.07, 6.45) is 74.5. The van der Waals surface area contributed by atoms with E-state index in [0.717, 1.165) is 44.9 Å². The smallest absolute Gasteiger partial charge is 0.220 e. The molecule has 0 aliphatic carbocycles. The summed E-state index contributed by atoms with van der Waals surface area (Å²) in [4.78, 5) is 13.4. The molecule has 97 heavy (non-hydrogen) atoms. The van der Waals surface area contributed by atoms with Crippen molar-refractivity contribution in [1.82, 2.24) is 5.32 Å². The van der Waals surface area contributed by atoms with Gasteiger partial charge in [-0.25, -0.2) is 0 Å². The van der Waals surface area contributed by atoms with E-state index in [1.807, 2.05) is 6.08 Å². The van der Waals surface area contributed by atoms with Crippen molar-refractivity contribution < 1.29 is 64.6 Å². The van der Waals surface area contributed by atoms with Gasteiger partial charge in [0.05, 0.1) is 32.0 Å². The molecule has 14 heteroatoms. The Morgan fingerprint density at radius 3 is 1.08 bits per heavy atom. The number of rotatable bonds is 69. The number of unbranched alkanes of at least 4 members (excludes halogenated alkanes) is 48. The van der Waals surface area contributed by atoms with Crippen molar-refractivity contribution in [1.29, 1.82) is 0 Å². The Morgan fingerprint density at radius 1 is 0.371 bits per heavy atom. The summed E-state index contributed by atoms with van der Waals surface area (Å²) < 4.78 is 22.9. The van der Waals surface area contributed by atoms with Crippen LogP contribution >= 0.6 is 0 Å². The van der Waals surface area contributed by atoms with E-state index >= 15 is 0 Å². The monoisotopic (exact) mass is 1370 g/mol. The van der Waals surface area contributed by atoms with Gasteiger partial charge in [0.15, 0.2) is 12.6 Å². The number of allylic oxidation sites excluding steroid dienone is 9. The number of amides is 1. The minimum atomic E-state index is -1.79. The summed E-state index contributed by atoms with van der Waals surface area (Å²) in [5.41, 5.74) is 0. The van der Waals surface area contributed by atoms with Gasteiger partial charge in [-0.2, -0.15) is 0 Å². The molecular formula is C83H153NO13. The number of hydrogen-bond donors (Lipinski definition) is 9. The molecule has 0 aromatic carbocycles. The molecule has 2 fully saturated rings. The predicted octanol–water partition coefficient (Wildman–Crippen LogP) is 18.7. The van der Waals surface area contributed by atoms with Crippen LogP contribution in [-0.4, -0.2) is 140 Å². The third-order valence-corrected chi connectivity index (χ3v) is 19.9. The van der Waals surface area contributed by atoms with Crippen molar-refractivity contribution in [3.05, 3.63) is 60.8 Å². The molecule has 2 aliphatic heterocycles. The molecule has 568 valence electrons. The lowest BCUT2D eigenvalue weighted by atomic mass is 9.97. The number of hydrogen-bond acceptors (Lipinski definition) is 13. The first-order valence-corrected chi connectivity index (χ1v) is 41.0. The minimum absolute atomic E-state index is 0.245. The molecule has 2 rings (SSSR count). The molecule has 2 heterocycles. The number of aliphatic hydroxyl groups excluding tert-OH is 8. The third-order valence-electron chi connectivity index (χ3n) is 19.9. The highest BCUT2D eigenvalue weighted by Crippen LogP contribution is 2.30. The maximum absolute atomic E-state index is 13.4. The lowest BCUT2D eigenvalue weighted by molar-refractivity contribution is -0.359. The van der Waals surface area contributed by atoms with Crippen LogP contribution in [0.3, 0.4) is 0 Å². The second-order valence-corrected chi connectivity index (χ2v) is 28.9. The Labute approximate surface area is 594 Å². The van der Waals surface area contributed by atoms with E-state index in [-0.39, 0.29) is 18.9 Å². The zero-order chi connectivity index (χ0) is 70.1. The van der Waals surface area contributed by atoms with Crippen LogP contribution in [0.25, 0.3) is 0 Å².